The number of carbonyl (C=O) groups is 1. The van der Waals surface area contributed by atoms with Crippen LogP contribution in [0.1, 0.15) is 16.9 Å². The Kier molecular flexibility index (Phi) is 4.28. The highest BCUT2D eigenvalue weighted by Gasteiger charge is 2.30. The minimum Gasteiger partial charge on any atom is -0.477 e. The number of ether oxygens (including phenoxy) is 1. The highest BCUT2D eigenvalue weighted by molar-refractivity contribution is 6.04. The summed E-state index contributed by atoms with van der Waals surface area (Å²) in [6.07, 6.45) is 1.99. The fourth-order valence-corrected chi connectivity index (χ4v) is 3.33. The van der Waals surface area contributed by atoms with E-state index in [9.17, 15) is 9.18 Å². The molecule has 7 heteroatoms. The van der Waals surface area contributed by atoms with Crippen LogP contribution in [-0.4, -0.2) is 45.3 Å². The number of aryl methyl sites for hydroxylation is 1. The molecule has 1 fully saturated rings. The third-order valence-electron chi connectivity index (χ3n) is 4.70. The van der Waals surface area contributed by atoms with Crippen molar-refractivity contribution in [3.63, 3.8) is 0 Å². The van der Waals surface area contributed by atoms with Gasteiger partial charge in [0, 0.05) is 37.5 Å². The summed E-state index contributed by atoms with van der Waals surface area (Å²) in [6.45, 7) is 1.74. The molecular weight excluding hydrogens is 335 g/mol. The molecule has 1 aromatic carbocycles. The van der Waals surface area contributed by atoms with E-state index >= 15 is 0 Å². The Morgan fingerprint density at radius 3 is 2.96 bits per heavy atom. The lowest BCUT2D eigenvalue weighted by Crippen LogP contribution is -2.30. The number of fused-ring (bicyclic) bond motifs is 1. The Balaban J connectivity index is 1.41. The van der Waals surface area contributed by atoms with Crippen LogP contribution >= 0.6 is 0 Å². The van der Waals surface area contributed by atoms with Crippen LogP contribution in [0.3, 0.4) is 0 Å². The molecule has 26 heavy (non-hydrogen) atoms. The van der Waals surface area contributed by atoms with E-state index in [2.05, 4.69) is 10.1 Å². The van der Waals surface area contributed by atoms with Crippen molar-refractivity contribution < 1.29 is 13.9 Å². The lowest BCUT2D eigenvalue weighted by atomic mass is 10.1. The number of pyridine rings is 1. The molecule has 0 N–H and O–H groups in total. The van der Waals surface area contributed by atoms with Gasteiger partial charge in [-0.2, -0.15) is 5.10 Å². The summed E-state index contributed by atoms with van der Waals surface area (Å²) in [4.78, 5) is 18.6. The molecule has 134 valence electrons. The minimum atomic E-state index is -0.391. The van der Waals surface area contributed by atoms with Gasteiger partial charge < -0.3 is 9.64 Å². The highest BCUT2D eigenvalue weighted by Crippen LogP contribution is 2.23. The molecule has 6 nitrogen and oxygen atoms in total. The number of benzene rings is 1. The van der Waals surface area contributed by atoms with Crippen LogP contribution in [-0.2, 0) is 7.05 Å². The van der Waals surface area contributed by atoms with E-state index in [1.165, 1.54) is 12.1 Å². The second kappa shape index (κ2) is 6.74. The van der Waals surface area contributed by atoms with E-state index in [-0.39, 0.29) is 11.8 Å². The van der Waals surface area contributed by atoms with E-state index in [1.54, 1.807) is 4.68 Å². The summed E-state index contributed by atoms with van der Waals surface area (Å²) in [5, 5.41) is 5.28. The van der Waals surface area contributed by atoms with Crippen LogP contribution in [0.25, 0.3) is 10.9 Å². The first kappa shape index (κ1) is 16.5. The maximum Gasteiger partial charge on any atom is 0.275 e. The lowest BCUT2D eigenvalue weighted by molar-refractivity contribution is 0.0778. The maximum absolute atomic E-state index is 12.9. The zero-order valence-corrected chi connectivity index (χ0v) is 14.4. The number of halogens is 1. The van der Waals surface area contributed by atoms with Crippen molar-refractivity contribution in [3.8, 4) is 5.88 Å². The van der Waals surface area contributed by atoms with Gasteiger partial charge in [0.15, 0.2) is 5.69 Å². The van der Waals surface area contributed by atoms with Crippen LogP contribution in [0.5, 0.6) is 5.88 Å². The first-order valence-corrected chi connectivity index (χ1v) is 8.57. The lowest BCUT2D eigenvalue weighted by Gasteiger charge is -2.15. The Bertz CT molecular complexity index is 938. The topological polar surface area (TPSA) is 60.2 Å². The summed E-state index contributed by atoms with van der Waals surface area (Å²) in [5.41, 5.74) is 1.43. The van der Waals surface area contributed by atoms with E-state index < -0.39 is 5.82 Å². The summed E-state index contributed by atoms with van der Waals surface area (Å²) >= 11 is 0. The molecule has 1 aliphatic rings. The summed E-state index contributed by atoms with van der Waals surface area (Å²) in [6, 6.07) is 10.6. The molecule has 0 bridgehead atoms. The van der Waals surface area contributed by atoms with Crippen molar-refractivity contribution in [2.45, 2.75) is 6.42 Å². The molecule has 0 aliphatic carbocycles. The Labute approximate surface area is 150 Å². The minimum absolute atomic E-state index is 0.0517. The average Bonchev–Trinajstić information content (AvgIpc) is 3.26. The molecule has 4 rings (SSSR count). The van der Waals surface area contributed by atoms with Gasteiger partial charge in [0.2, 0.25) is 5.88 Å². The SMILES string of the molecule is Cn1nc(C(=O)N2CCC(COc3ccc(F)cn3)C2)c2ccccc21. The molecule has 0 radical (unpaired) electrons. The third-order valence-corrected chi connectivity index (χ3v) is 4.70. The zero-order valence-electron chi connectivity index (χ0n) is 14.4. The van der Waals surface area contributed by atoms with E-state index in [0.717, 1.165) is 23.5 Å². The van der Waals surface area contributed by atoms with Crippen molar-refractivity contribution in [3.05, 3.63) is 54.1 Å². The second-order valence-electron chi connectivity index (χ2n) is 6.52. The predicted molar refractivity (Wildman–Crippen MR) is 94.4 cm³/mol. The largest absolute Gasteiger partial charge is 0.477 e. The van der Waals surface area contributed by atoms with Gasteiger partial charge in [-0.15, -0.1) is 0 Å². The number of likely N-dealkylation sites (tertiary alicyclic amines) is 1. The normalized spacial score (nSPS) is 17.0. The number of para-hydroxylation sites is 1. The Morgan fingerprint density at radius 2 is 2.15 bits per heavy atom. The van der Waals surface area contributed by atoms with Crippen molar-refractivity contribution >= 4 is 16.8 Å². The predicted octanol–water partition coefficient (Wildman–Crippen LogP) is 2.65. The summed E-state index contributed by atoms with van der Waals surface area (Å²) < 4.78 is 20.2. The highest BCUT2D eigenvalue weighted by atomic mass is 19.1. The number of hydrogen-bond acceptors (Lipinski definition) is 4. The van der Waals surface area contributed by atoms with Gasteiger partial charge in [-0.05, 0) is 18.6 Å². The number of amides is 1. The van der Waals surface area contributed by atoms with Gasteiger partial charge in [-0.3, -0.25) is 9.48 Å². The summed E-state index contributed by atoms with van der Waals surface area (Å²) in [7, 11) is 1.84. The van der Waals surface area contributed by atoms with Crippen LogP contribution in [0.15, 0.2) is 42.6 Å². The Morgan fingerprint density at radius 1 is 1.31 bits per heavy atom. The molecule has 3 heterocycles. The fraction of sp³-hybridized carbons (Fsp3) is 0.316. The van der Waals surface area contributed by atoms with Crippen LogP contribution < -0.4 is 4.74 Å². The Hall–Kier alpha value is -2.96. The molecule has 1 atom stereocenters. The van der Waals surface area contributed by atoms with Crippen LogP contribution in [0, 0.1) is 11.7 Å². The third kappa shape index (κ3) is 3.12. The molecule has 1 unspecified atom stereocenters. The smallest absolute Gasteiger partial charge is 0.275 e. The first-order valence-electron chi connectivity index (χ1n) is 8.57. The quantitative estimate of drug-likeness (QED) is 0.723. The standard InChI is InChI=1S/C19H19FN4O2/c1-23-16-5-3-2-4-15(16)18(22-23)19(25)24-9-8-13(11-24)12-26-17-7-6-14(20)10-21-17/h2-7,10,13H,8-9,11-12H2,1H3. The number of hydrogen-bond donors (Lipinski definition) is 0. The number of aromatic nitrogens is 3. The zero-order chi connectivity index (χ0) is 18.1. The molecule has 1 saturated heterocycles. The van der Waals surface area contributed by atoms with Gasteiger partial charge in [0.25, 0.3) is 5.91 Å². The molecular formula is C19H19FN4O2. The van der Waals surface area contributed by atoms with E-state index in [0.29, 0.717) is 31.3 Å². The molecule has 0 saturated carbocycles. The van der Waals surface area contributed by atoms with Gasteiger partial charge in [-0.1, -0.05) is 18.2 Å². The second-order valence-corrected chi connectivity index (χ2v) is 6.52. The fourth-order valence-electron chi connectivity index (χ4n) is 3.33. The van der Waals surface area contributed by atoms with Gasteiger partial charge >= 0.3 is 0 Å². The molecule has 1 aliphatic heterocycles. The maximum atomic E-state index is 12.9. The van der Waals surface area contributed by atoms with Crippen molar-refractivity contribution in [1.82, 2.24) is 19.7 Å². The van der Waals surface area contributed by atoms with Gasteiger partial charge in [-0.25, -0.2) is 9.37 Å². The number of nitrogens with zero attached hydrogens (tertiary/aromatic N) is 4. The van der Waals surface area contributed by atoms with Crippen molar-refractivity contribution in [2.24, 2.45) is 13.0 Å². The first-order chi connectivity index (χ1) is 12.6. The van der Waals surface area contributed by atoms with Crippen molar-refractivity contribution in [2.75, 3.05) is 19.7 Å². The molecule has 1 amide bonds. The van der Waals surface area contributed by atoms with Crippen LogP contribution in [0.4, 0.5) is 4.39 Å². The van der Waals surface area contributed by atoms with Crippen LogP contribution in [0.2, 0.25) is 0 Å². The molecule has 0 spiro atoms. The van der Waals surface area contributed by atoms with Gasteiger partial charge in [0.1, 0.15) is 5.82 Å². The van der Waals surface area contributed by atoms with Crippen molar-refractivity contribution in [1.29, 1.82) is 0 Å². The molecule has 3 aromatic rings. The average molecular weight is 354 g/mol. The van der Waals surface area contributed by atoms with E-state index in [4.69, 9.17) is 4.74 Å². The monoisotopic (exact) mass is 354 g/mol. The molecule has 2 aromatic heterocycles. The van der Waals surface area contributed by atoms with E-state index in [1.807, 2.05) is 36.2 Å². The van der Waals surface area contributed by atoms with Gasteiger partial charge in [0.05, 0.1) is 18.3 Å². The summed E-state index contributed by atoms with van der Waals surface area (Å²) in [5.74, 6) is 0.175. The number of carbonyl (C=O) groups excluding carboxylic acids is 1. The number of rotatable bonds is 4.